The first kappa shape index (κ1) is 12.8. The maximum atomic E-state index is 11.0. The van der Waals surface area contributed by atoms with Crippen molar-refractivity contribution < 1.29 is 4.79 Å². The van der Waals surface area contributed by atoms with Gasteiger partial charge in [-0.25, -0.2) is 0 Å². The summed E-state index contributed by atoms with van der Waals surface area (Å²) in [5.74, 6) is 0.0827. The zero-order chi connectivity index (χ0) is 10.1. The molecule has 0 spiro atoms. The highest BCUT2D eigenvalue weighted by Gasteiger charge is 2.00. The quantitative estimate of drug-likeness (QED) is 0.604. The van der Waals surface area contributed by atoms with Crippen molar-refractivity contribution in [3.8, 4) is 0 Å². The Hall–Kier alpha value is -0.220. The van der Waals surface area contributed by atoms with Gasteiger partial charge in [0, 0.05) is 11.8 Å². The second kappa shape index (κ2) is 8.38. The van der Waals surface area contributed by atoms with Crippen molar-refractivity contribution in [2.45, 2.75) is 25.5 Å². The van der Waals surface area contributed by atoms with Crippen LogP contribution in [-0.2, 0) is 4.79 Å². The predicted molar refractivity (Wildman–Crippen MR) is 59.1 cm³/mol. The maximum Gasteiger partial charge on any atom is 0.233 e. The van der Waals surface area contributed by atoms with E-state index in [4.69, 9.17) is 0 Å². The average Bonchev–Trinajstić information content (AvgIpc) is 2.12. The minimum atomic E-state index is 0.0827. The molecular formula is C9H20N2OS. The van der Waals surface area contributed by atoms with Crippen LogP contribution in [0.1, 0.15) is 20.3 Å². The molecule has 3 nitrogen and oxygen atoms in total. The number of hydrogen-bond acceptors (Lipinski definition) is 3. The Balaban J connectivity index is 3.20. The van der Waals surface area contributed by atoms with Crippen LogP contribution in [0.4, 0.5) is 0 Å². The molecule has 13 heavy (non-hydrogen) atoms. The summed E-state index contributed by atoms with van der Waals surface area (Å²) in [6, 6.07) is 0. The second-order valence-electron chi connectivity index (χ2n) is 2.97. The van der Waals surface area contributed by atoms with Gasteiger partial charge in [-0.05, 0) is 26.1 Å². The summed E-state index contributed by atoms with van der Waals surface area (Å²) in [4.78, 5) is 11.0. The fourth-order valence-electron chi connectivity index (χ4n) is 0.885. The first-order valence-electron chi connectivity index (χ1n) is 4.70. The number of nitrogens with one attached hydrogen (secondary N) is 2. The summed E-state index contributed by atoms with van der Waals surface area (Å²) in [5, 5.41) is 6.52. The van der Waals surface area contributed by atoms with E-state index in [-0.39, 0.29) is 5.91 Å². The molecule has 0 bridgehead atoms. The van der Waals surface area contributed by atoms with Gasteiger partial charge in [-0.1, -0.05) is 6.92 Å². The van der Waals surface area contributed by atoms with Crippen LogP contribution in [0.3, 0.4) is 0 Å². The molecule has 0 rings (SSSR count). The van der Waals surface area contributed by atoms with Crippen molar-refractivity contribution in [3.05, 3.63) is 0 Å². The third-order valence-electron chi connectivity index (χ3n) is 1.79. The van der Waals surface area contributed by atoms with Gasteiger partial charge in [-0.15, -0.1) is 0 Å². The third-order valence-corrected chi connectivity index (χ3v) is 2.83. The van der Waals surface area contributed by atoms with Crippen LogP contribution >= 0.6 is 11.8 Å². The average molecular weight is 204 g/mol. The van der Waals surface area contributed by atoms with Gasteiger partial charge in [0.15, 0.2) is 0 Å². The number of carbonyl (C=O) groups excluding carboxylic acids is 1. The van der Waals surface area contributed by atoms with Crippen molar-refractivity contribution in [3.63, 3.8) is 0 Å². The monoisotopic (exact) mass is 204 g/mol. The van der Waals surface area contributed by atoms with Crippen molar-refractivity contribution in [2.24, 2.45) is 0 Å². The van der Waals surface area contributed by atoms with Gasteiger partial charge in [0.25, 0.3) is 0 Å². The molecule has 78 valence electrons. The van der Waals surface area contributed by atoms with Crippen molar-refractivity contribution >= 4 is 17.7 Å². The number of rotatable bonds is 7. The number of hydrogen-bond donors (Lipinski definition) is 2. The molecule has 0 fully saturated rings. The molecule has 0 radical (unpaired) electrons. The summed E-state index contributed by atoms with van der Waals surface area (Å²) in [5.41, 5.74) is 0. The summed E-state index contributed by atoms with van der Waals surface area (Å²) < 4.78 is 0. The molecule has 0 aliphatic heterocycles. The lowest BCUT2D eigenvalue weighted by Gasteiger charge is -2.08. The topological polar surface area (TPSA) is 41.1 Å². The Morgan fingerprint density at radius 3 is 2.77 bits per heavy atom. The Morgan fingerprint density at radius 2 is 2.23 bits per heavy atom. The molecule has 0 aromatic carbocycles. The summed E-state index contributed by atoms with van der Waals surface area (Å²) in [6.45, 7) is 6.18. The standard InChI is InChI=1S/C9H20N2OS/c1-4-11-9(12)7-10-6-5-8(2)13-3/h8,10H,4-7H2,1-3H3,(H,11,12). The van der Waals surface area contributed by atoms with E-state index < -0.39 is 0 Å². The number of likely N-dealkylation sites (N-methyl/N-ethyl adjacent to an activating group) is 1. The van der Waals surface area contributed by atoms with Crippen LogP contribution in [0.15, 0.2) is 0 Å². The Morgan fingerprint density at radius 1 is 1.54 bits per heavy atom. The van der Waals surface area contributed by atoms with E-state index in [1.807, 2.05) is 18.7 Å². The summed E-state index contributed by atoms with van der Waals surface area (Å²) in [7, 11) is 0. The number of thioether (sulfide) groups is 1. The second-order valence-corrected chi connectivity index (χ2v) is 4.24. The van der Waals surface area contributed by atoms with E-state index in [0.29, 0.717) is 18.3 Å². The molecule has 0 saturated heterocycles. The van der Waals surface area contributed by atoms with Crippen LogP contribution in [0.5, 0.6) is 0 Å². The molecule has 1 unspecified atom stereocenters. The van der Waals surface area contributed by atoms with Crippen LogP contribution in [-0.4, -0.2) is 37.0 Å². The lowest BCUT2D eigenvalue weighted by molar-refractivity contribution is -0.120. The third kappa shape index (κ3) is 8.12. The van der Waals surface area contributed by atoms with Crippen LogP contribution in [0, 0.1) is 0 Å². The molecule has 0 saturated carbocycles. The highest BCUT2D eigenvalue weighted by atomic mass is 32.2. The molecule has 0 aliphatic carbocycles. The summed E-state index contributed by atoms with van der Waals surface area (Å²) in [6.07, 6.45) is 3.22. The Bertz CT molecular complexity index is 142. The van der Waals surface area contributed by atoms with Gasteiger partial charge < -0.3 is 10.6 Å². The number of amides is 1. The molecule has 1 amide bonds. The lowest BCUT2D eigenvalue weighted by atomic mass is 10.3. The van der Waals surface area contributed by atoms with Crippen LogP contribution in [0.25, 0.3) is 0 Å². The SMILES string of the molecule is CCNC(=O)CNCCC(C)SC. The van der Waals surface area contributed by atoms with Crippen molar-refractivity contribution in [2.75, 3.05) is 25.9 Å². The highest BCUT2D eigenvalue weighted by molar-refractivity contribution is 7.99. The molecule has 0 aromatic rings. The smallest absolute Gasteiger partial charge is 0.233 e. The van der Waals surface area contributed by atoms with Gasteiger partial charge in [0.1, 0.15) is 0 Å². The normalized spacial score (nSPS) is 12.5. The molecule has 0 aromatic heterocycles. The van der Waals surface area contributed by atoms with Crippen LogP contribution in [0.2, 0.25) is 0 Å². The lowest BCUT2D eigenvalue weighted by Crippen LogP contribution is -2.34. The predicted octanol–water partition coefficient (Wildman–Crippen LogP) is 0.854. The minimum Gasteiger partial charge on any atom is -0.355 e. The van der Waals surface area contributed by atoms with E-state index in [1.54, 1.807) is 0 Å². The maximum absolute atomic E-state index is 11.0. The van der Waals surface area contributed by atoms with Crippen LogP contribution < -0.4 is 10.6 Å². The van der Waals surface area contributed by atoms with Gasteiger partial charge in [-0.2, -0.15) is 11.8 Å². The van der Waals surface area contributed by atoms with Gasteiger partial charge in [0.05, 0.1) is 6.54 Å². The fourth-order valence-corrected chi connectivity index (χ4v) is 1.24. The Kier molecular flexibility index (Phi) is 8.24. The fraction of sp³-hybridized carbons (Fsp3) is 0.889. The largest absolute Gasteiger partial charge is 0.355 e. The molecule has 1 atom stereocenters. The van der Waals surface area contributed by atoms with E-state index in [2.05, 4.69) is 23.8 Å². The van der Waals surface area contributed by atoms with E-state index in [9.17, 15) is 4.79 Å². The van der Waals surface area contributed by atoms with E-state index >= 15 is 0 Å². The summed E-state index contributed by atoms with van der Waals surface area (Å²) >= 11 is 1.85. The zero-order valence-corrected chi connectivity index (χ0v) is 9.54. The Labute approximate surface area is 85.0 Å². The molecule has 0 heterocycles. The van der Waals surface area contributed by atoms with Gasteiger partial charge >= 0.3 is 0 Å². The highest BCUT2D eigenvalue weighted by Crippen LogP contribution is 2.07. The van der Waals surface area contributed by atoms with Gasteiger partial charge in [-0.3, -0.25) is 4.79 Å². The van der Waals surface area contributed by atoms with Crippen molar-refractivity contribution in [1.82, 2.24) is 10.6 Å². The molecule has 2 N–H and O–H groups in total. The van der Waals surface area contributed by atoms with E-state index in [0.717, 1.165) is 13.0 Å². The first-order chi connectivity index (χ1) is 6.20. The van der Waals surface area contributed by atoms with Gasteiger partial charge in [0.2, 0.25) is 5.91 Å². The molecular weight excluding hydrogens is 184 g/mol. The zero-order valence-electron chi connectivity index (χ0n) is 8.72. The minimum absolute atomic E-state index is 0.0827. The molecule has 4 heteroatoms. The number of carbonyl (C=O) groups is 1. The van der Waals surface area contributed by atoms with Crippen molar-refractivity contribution in [1.29, 1.82) is 0 Å². The van der Waals surface area contributed by atoms with E-state index in [1.165, 1.54) is 0 Å². The first-order valence-corrected chi connectivity index (χ1v) is 5.99. The molecule has 0 aliphatic rings.